The molecule has 0 radical (unpaired) electrons. The number of benzene rings is 1. The van der Waals surface area contributed by atoms with E-state index < -0.39 is 47.8 Å². The Bertz CT molecular complexity index is 972. The maximum atomic E-state index is 13.7. The van der Waals surface area contributed by atoms with E-state index in [1.807, 2.05) is 0 Å². The number of nitrogens with one attached hydrogen (secondary N) is 1. The van der Waals surface area contributed by atoms with E-state index in [4.69, 9.17) is 0 Å². The first kappa shape index (κ1) is 18.5. The van der Waals surface area contributed by atoms with E-state index in [9.17, 15) is 31.1 Å². The predicted octanol–water partition coefficient (Wildman–Crippen LogP) is 3.33. The standard InChI is InChI=1S/C15H9F6N5O/c16-8-5-9(17)13(19)7(12(8)18)6-25-3-2-11(24-25)22-14(27)10-1-4-26(23-10)15(20)21/h1-5,15H,6H2,(H,22,24,27). The van der Waals surface area contributed by atoms with Crippen LogP contribution in [0.5, 0.6) is 0 Å². The van der Waals surface area contributed by atoms with Crippen molar-refractivity contribution in [3.8, 4) is 0 Å². The van der Waals surface area contributed by atoms with Gasteiger partial charge in [0.25, 0.3) is 5.91 Å². The number of alkyl halides is 2. The molecule has 0 atom stereocenters. The molecule has 0 fully saturated rings. The molecule has 0 unspecified atom stereocenters. The van der Waals surface area contributed by atoms with Gasteiger partial charge in [-0.15, -0.1) is 0 Å². The minimum absolute atomic E-state index is 0.0848. The Balaban J connectivity index is 1.75. The van der Waals surface area contributed by atoms with Crippen LogP contribution in [-0.2, 0) is 6.54 Å². The molecule has 3 aromatic rings. The normalized spacial score (nSPS) is 11.2. The topological polar surface area (TPSA) is 64.7 Å². The van der Waals surface area contributed by atoms with Crippen molar-refractivity contribution in [2.75, 3.05) is 5.32 Å². The number of amides is 1. The summed E-state index contributed by atoms with van der Waals surface area (Å²) in [5.74, 6) is -7.18. The van der Waals surface area contributed by atoms with Crippen molar-refractivity contribution in [2.45, 2.75) is 13.1 Å². The molecule has 0 spiro atoms. The molecule has 0 aliphatic heterocycles. The molecule has 2 heterocycles. The van der Waals surface area contributed by atoms with Crippen LogP contribution in [0.15, 0.2) is 30.6 Å². The summed E-state index contributed by atoms with van der Waals surface area (Å²) in [7, 11) is 0. The van der Waals surface area contributed by atoms with E-state index >= 15 is 0 Å². The number of hydrogen-bond donors (Lipinski definition) is 1. The van der Waals surface area contributed by atoms with E-state index in [-0.39, 0.29) is 22.3 Å². The van der Waals surface area contributed by atoms with Crippen molar-refractivity contribution >= 4 is 11.7 Å². The molecule has 12 heteroatoms. The fourth-order valence-corrected chi connectivity index (χ4v) is 2.19. The molecule has 0 bridgehead atoms. The summed E-state index contributed by atoms with van der Waals surface area (Å²) in [4.78, 5) is 11.9. The lowest BCUT2D eigenvalue weighted by Crippen LogP contribution is -2.15. The summed E-state index contributed by atoms with van der Waals surface area (Å²) >= 11 is 0. The zero-order valence-corrected chi connectivity index (χ0v) is 13.1. The molecule has 1 N–H and O–H groups in total. The first-order valence-electron chi connectivity index (χ1n) is 7.26. The van der Waals surface area contributed by atoms with E-state index in [2.05, 4.69) is 15.5 Å². The Morgan fingerprint density at radius 2 is 1.70 bits per heavy atom. The van der Waals surface area contributed by atoms with Gasteiger partial charge in [0.05, 0.1) is 12.1 Å². The Labute approximate surface area is 147 Å². The van der Waals surface area contributed by atoms with Crippen molar-refractivity contribution in [1.29, 1.82) is 0 Å². The zero-order valence-electron chi connectivity index (χ0n) is 13.1. The van der Waals surface area contributed by atoms with Gasteiger partial charge in [0, 0.05) is 24.5 Å². The molecular weight excluding hydrogens is 380 g/mol. The molecule has 6 nitrogen and oxygen atoms in total. The zero-order chi connectivity index (χ0) is 19.7. The number of hydrogen-bond acceptors (Lipinski definition) is 3. The van der Waals surface area contributed by atoms with E-state index in [0.29, 0.717) is 0 Å². The number of rotatable bonds is 5. The fraction of sp³-hybridized carbons (Fsp3) is 0.133. The van der Waals surface area contributed by atoms with Crippen LogP contribution < -0.4 is 5.32 Å². The second-order valence-electron chi connectivity index (χ2n) is 5.26. The Morgan fingerprint density at radius 1 is 1.04 bits per heavy atom. The van der Waals surface area contributed by atoms with E-state index in [0.717, 1.165) is 16.9 Å². The smallest absolute Gasteiger partial charge is 0.304 e. The molecule has 3 rings (SSSR count). The lowest BCUT2D eigenvalue weighted by molar-refractivity contribution is 0.0561. The average Bonchev–Trinajstić information content (AvgIpc) is 3.26. The van der Waals surface area contributed by atoms with Gasteiger partial charge in [0.15, 0.2) is 34.8 Å². The number of anilines is 1. The van der Waals surface area contributed by atoms with Crippen LogP contribution >= 0.6 is 0 Å². The SMILES string of the molecule is O=C(Nc1ccn(Cc2c(F)c(F)cc(F)c2F)n1)c1ccn(C(F)F)n1. The predicted molar refractivity (Wildman–Crippen MR) is 79.0 cm³/mol. The minimum Gasteiger partial charge on any atom is -0.304 e. The quantitative estimate of drug-likeness (QED) is 0.538. The molecule has 27 heavy (non-hydrogen) atoms. The van der Waals surface area contributed by atoms with Crippen LogP contribution in [0.1, 0.15) is 22.6 Å². The van der Waals surface area contributed by atoms with Gasteiger partial charge in [-0.25, -0.2) is 22.2 Å². The third-order valence-corrected chi connectivity index (χ3v) is 3.45. The minimum atomic E-state index is -2.91. The first-order valence-corrected chi connectivity index (χ1v) is 7.26. The number of carbonyl (C=O) groups excluding carboxylic acids is 1. The van der Waals surface area contributed by atoms with Crippen LogP contribution in [-0.4, -0.2) is 25.5 Å². The van der Waals surface area contributed by atoms with E-state index in [1.165, 1.54) is 12.3 Å². The second kappa shape index (κ2) is 7.13. The number of nitrogens with zero attached hydrogens (tertiary/aromatic N) is 4. The van der Waals surface area contributed by atoms with Crippen LogP contribution in [0.3, 0.4) is 0 Å². The monoisotopic (exact) mass is 389 g/mol. The summed E-state index contributed by atoms with van der Waals surface area (Å²) in [6.07, 6.45) is 2.09. The molecule has 142 valence electrons. The fourth-order valence-electron chi connectivity index (χ4n) is 2.19. The van der Waals surface area contributed by atoms with Gasteiger partial charge in [-0.2, -0.15) is 19.0 Å². The van der Waals surface area contributed by atoms with Crippen molar-refractivity contribution in [2.24, 2.45) is 0 Å². The van der Waals surface area contributed by atoms with Gasteiger partial charge in [-0.05, 0) is 6.07 Å². The average molecular weight is 389 g/mol. The highest BCUT2D eigenvalue weighted by molar-refractivity contribution is 6.02. The van der Waals surface area contributed by atoms with Crippen molar-refractivity contribution in [3.63, 3.8) is 0 Å². The van der Waals surface area contributed by atoms with Crippen LogP contribution in [0.25, 0.3) is 0 Å². The number of carbonyl (C=O) groups is 1. The Morgan fingerprint density at radius 3 is 2.30 bits per heavy atom. The second-order valence-corrected chi connectivity index (χ2v) is 5.26. The molecule has 0 aliphatic carbocycles. The highest BCUT2D eigenvalue weighted by atomic mass is 19.3. The number of aromatic nitrogens is 4. The molecule has 0 saturated carbocycles. The molecule has 2 aromatic heterocycles. The summed E-state index contributed by atoms with van der Waals surface area (Å²) < 4.78 is 79.9. The molecular formula is C15H9F6N5O. The van der Waals surface area contributed by atoms with Crippen LogP contribution in [0, 0.1) is 23.3 Å². The van der Waals surface area contributed by atoms with Crippen molar-refractivity contribution in [1.82, 2.24) is 19.6 Å². The van der Waals surface area contributed by atoms with Gasteiger partial charge in [0.2, 0.25) is 0 Å². The molecule has 0 aliphatic rings. The summed E-state index contributed by atoms with van der Waals surface area (Å²) in [5, 5.41) is 9.38. The largest absolute Gasteiger partial charge is 0.333 e. The molecule has 1 aromatic carbocycles. The third kappa shape index (κ3) is 3.78. The van der Waals surface area contributed by atoms with Gasteiger partial charge >= 0.3 is 6.55 Å². The van der Waals surface area contributed by atoms with Gasteiger partial charge in [-0.3, -0.25) is 9.48 Å². The Hall–Kier alpha value is -3.31. The number of halogens is 6. The third-order valence-electron chi connectivity index (χ3n) is 3.45. The molecule has 1 amide bonds. The molecule has 0 saturated heterocycles. The Kier molecular flexibility index (Phi) is 4.88. The van der Waals surface area contributed by atoms with Crippen molar-refractivity contribution in [3.05, 3.63) is 65.1 Å². The van der Waals surface area contributed by atoms with E-state index in [1.54, 1.807) is 0 Å². The lowest BCUT2D eigenvalue weighted by Gasteiger charge is -2.07. The maximum Gasteiger partial charge on any atom is 0.333 e. The van der Waals surface area contributed by atoms with Gasteiger partial charge in [-0.1, -0.05) is 0 Å². The van der Waals surface area contributed by atoms with Crippen LogP contribution in [0.2, 0.25) is 0 Å². The summed E-state index contributed by atoms with van der Waals surface area (Å²) in [5.41, 5.74) is -1.20. The highest BCUT2D eigenvalue weighted by Gasteiger charge is 2.20. The first-order chi connectivity index (χ1) is 12.8. The van der Waals surface area contributed by atoms with Gasteiger partial charge in [0.1, 0.15) is 0 Å². The van der Waals surface area contributed by atoms with Crippen molar-refractivity contribution < 1.29 is 31.1 Å². The van der Waals surface area contributed by atoms with Crippen LogP contribution in [0.4, 0.5) is 32.2 Å². The summed E-state index contributed by atoms with van der Waals surface area (Å²) in [6.45, 7) is -3.57. The van der Waals surface area contributed by atoms with Gasteiger partial charge < -0.3 is 5.32 Å². The highest BCUT2D eigenvalue weighted by Crippen LogP contribution is 2.20. The maximum absolute atomic E-state index is 13.7. The summed E-state index contributed by atoms with van der Waals surface area (Å²) in [6, 6.07) is 2.37. The lowest BCUT2D eigenvalue weighted by atomic mass is 10.2.